The van der Waals surface area contributed by atoms with Crippen molar-refractivity contribution in [3.63, 3.8) is 0 Å². The van der Waals surface area contributed by atoms with Crippen molar-refractivity contribution in [1.82, 2.24) is 20.1 Å². The second kappa shape index (κ2) is 8.35. The van der Waals surface area contributed by atoms with E-state index in [-0.39, 0.29) is 12.3 Å². The molecule has 0 aliphatic rings. The third-order valence-electron chi connectivity index (χ3n) is 4.40. The molecule has 0 spiro atoms. The summed E-state index contributed by atoms with van der Waals surface area (Å²) in [4.78, 5) is 16.8. The Kier molecular flexibility index (Phi) is 5.29. The zero-order valence-electron chi connectivity index (χ0n) is 15.3. The van der Waals surface area contributed by atoms with E-state index in [1.165, 1.54) is 6.26 Å². The van der Waals surface area contributed by atoms with Crippen LogP contribution in [0.2, 0.25) is 0 Å². The first-order chi connectivity index (χ1) is 13.8. The third-order valence-corrected chi connectivity index (χ3v) is 4.40. The van der Waals surface area contributed by atoms with E-state index in [9.17, 15) is 4.79 Å². The minimum atomic E-state index is -0.0956. The van der Waals surface area contributed by atoms with Crippen LogP contribution in [0.4, 0.5) is 0 Å². The van der Waals surface area contributed by atoms with Gasteiger partial charge in [-0.05, 0) is 29.3 Å². The maximum absolute atomic E-state index is 12.3. The highest BCUT2D eigenvalue weighted by Crippen LogP contribution is 2.18. The van der Waals surface area contributed by atoms with Gasteiger partial charge in [-0.1, -0.05) is 42.5 Å². The maximum atomic E-state index is 12.3. The van der Waals surface area contributed by atoms with Crippen LogP contribution in [-0.4, -0.2) is 20.7 Å². The van der Waals surface area contributed by atoms with E-state index >= 15 is 0 Å². The molecule has 1 amide bonds. The van der Waals surface area contributed by atoms with Crippen LogP contribution >= 0.6 is 0 Å². The lowest BCUT2D eigenvalue weighted by Gasteiger charge is -2.10. The molecule has 0 unspecified atom stereocenters. The Morgan fingerprint density at radius 2 is 1.79 bits per heavy atom. The molecule has 2 aromatic carbocycles. The average Bonchev–Trinajstić information content (AvgIpc) is 3.40. The van der Waals surface area contributed by atoms with Gasteiger partial charge in [-0.3, -0.25) is 9.48 Å². The summed E-state index contributed by atoms with van der Waals surface area (Å²) < 4.78 is 7.35. The van der Waals surface area contributed by atoms with Crippen molar-refractivity contribution in [3.05, 3.63) is 96.1 Å². The normalized spacial score (nSPS) is 10.7. The smallest absolute Gasteiger partial charge is 0.226 e. The molecule has 0 saturated carbocycles. The van der Waals surface area contributed by atoms with Crippen molar-refractivity contribution < 1.29 is 9.21 Å². The lowest BCUT2D eigenvalue weighted by Crippen LogP contribution is -2.25. The molecule has 0 fully saturated rings. The topological polar surface area (TPSA) is 73.0 Å². The van der Waals surface area contributed by atoms with Crippen LogP contribution in [0.25, 0.3) is 11.5 Å². The van der Waals surface area contributed by atoms with Crippen LogP contribution in [0.5, 0.6) is 0 Å². The van der Waals surface area contributed by atoms with E-state index in [2.05, 4.69) is 15.4 Å². The van der Waals surface area contributed by atoms with Crippen LogP contribution in [0.1, 0.15) is 16.8 Å². The number of aromatic nitrogens is 3. The summed E-state index contributed by atoms with van der Waals surface area (Å²) in [6.07, 6.45) is 5.39. The first-order valence-corrected chi connectivity index (χ1v) is 9.08. The number of nitrogens with one attached hydrogen (secondary N) is 1. The van der Waals surface area contributed by atoms with Gasteiger partial charge in [0.1, 0.15) is 6.26 Å². The highest BCUT2D eigenvalue weighted by Gasteiger charge is 2.11. The lowest BCUT2D eigenvalue weighted by molar-refractivity contribution is -0.120. The first-order valence-electron chi connectivity index (χ1n) is 9.08. The molecule has 2 aromatic heterocycles. The molecule has 2 heterocycles. The van der Waals surface area contributed by atoms with Gasteiger partial charge in [0, 0.05) is 24.5 Å². The molecule has 28 heavy (non-hydrogen) atoms. The Labute approximate surface area is 162 Å². The lowest BCUT2D eigenvalue weighted by atomic mass is 10.1. The number of nitrogens with zero attached hydrogens (tertiary/aromatic N) is 3. The predicted octanol–water partition coefficient (Wildman–Crippen LogP) is 3.45. The molecule has 0 atom stereocenters. The van der Waals surface area contributed by atoms with Gasteiger partial charge in [-0.25, -0.2) is 4.98 Å². The number of amides is 1. The fourth-order valence-corrected chi connectivity index (χ4v) is 2.98. The van der Waals surface area contributed by atoms with Gasteiger partial charge in [0.05, 0.1) is 18.7 Å². The predicted molar refractivity (Wildman–Crippen MR) is 105 cm³/mol. The molecule has 0 radical (unpaired) electrons. The summed E-state index contributed by atoms with van der Waals surface area (Å²) in [5.41, 5.74) is 3.69. The maximum Gasteiger partial charge on any atom is 0.226 e. The number of carbonyl (C=O) groups excluding carboxylic acids is 1. The summed E-state index contributed by atoms with van der Waals surface area (Å²) in [5, 5.41) is 7.21. The monoisotopic (exact) mass is 372 g/mol. The van der Waals surface area contributed by atoms with Gasteiger partial charge in [0.15, 0.2) is 0 Å². The Hall–Kier alpha value is -3.67. The van der Waals surface area contributed by atoms with Gasteiger partial charge < -0.3 is 9.73 Å². The molecule has 0 bridgehead atoms. The minimum Gasteiger partial charge on any atom is -0.444 e. The number of rotatable bonds is 7. The van der Waals surface area contributed by atoms with Crippen LogP contribution in [0, 0.1) is 0 Å². The van der Waals surface area contributed by atoms with Crippen molar-refractivity contribution in [3.8, 4) is 11.5 Å². The molecule has 6 nitrogen and oxygen atoms in total. The summed E-state index contributed by atoms with van der Waals surface area (Å²) in [6.45, 7) is 1.13. The van der Waals surface area contributed by atoms with Gasteiger partial charge in [0.2, 0.25) is 11.8 Å². The largest absolute Gasteiger partial charge is 0.444 e. The number of benzene rings is 2. The summed E-state index contributed by atoms with van der Waals surface area (Å²) >= 11 is 0. The quantitative estimate of drug-likeness (QED) is 0.539. The number of hydrogen-bond acceptors (Lipinski definition) is 4. The molecule has 0 aliphatic heterocycles. The second-order valence-corrected chi connectivity index (χ2v) is 6.44. The van der Waals surface area contributed by atoms with E-state index < -0.39 is 0 Å². The molecule has 0 aliphatic carbocycles. The summed E-state index contributed by atoms with van der Waals surface area (Å²) in [6, 6.07) is 19.5. The fraction of sp³-hybridized carbons (Fsp3) is 0.136. The van der Waals surface area contributed by atoms with Gasteiger partial charge >= 0.3 is 0 Å². The zero-order valence-corrected chi connectivity index (χ0v) is 15.3. The Balaban J connectivity index is 1.36. The molecular formula is C22H20N4O2. The zero-order chi connectivity index (χ0) is 19.2. The highest BCUT2D eigenvalue weighted by atomic mass is 16.3. The molecule has 0 saturated heterocycles. The van der Waals surface area contributed by atoms with Crippen LogP contribution in [0.15, 0.2) is 83.7 Å². The average molecular weight is 372 g/mol. The number of hydrogen-bond donors (Lipinski definition) is 1. The van der Waals surface area contributed by atoms with Crippen molar-refractivity contribution in [2.45, 2.75) is 19.5 Å². The molecule has 1 N–H and O–H groups in total. The van der Waals surface area contributed by atoms with Crippen LogP contribution < -0.4 is 5.32 Å². The van der Waals surface area contributed by atoms with E-state index in [1.807, 2.05) is 71.5 Å². The van der Waals surface area contributed by atoms with Crippen LogP contribution in [-0.2, 0) is 24.3 Å². The molecule has 4 aromatic rings. The third kappa shape index (κ3) is 4.35. The Morgan fingerprint density at radius 3 is 2.57 bits per heavy atom. The minimum absolute atomic E-state index is 0.0956. The van der Waals surface area contributed by atoms with E-state index in [0.717, 1.165) is 16.7 Å². The van der Waals surface area contributed by atoms with Crippen LogP contribution in [0.3, 0.4) is 0 Å². The first kappa shape index (κ1) is 17.7. The van der Waals surface area contributed by atoms with Crippen molar-refractivity contribution in [2.24, 2.45) is 0 Å². The van der Waals surface area contributed by atoms with E-state index in [0.29, 0.717) is 24.7 Å². The summed E-state index contributed by atoms with van der Waals surface area (Å²) in [5.74, 6) is 0.426. The molecular weight excluding hydrogens is 352 g/mol. The van der Waals surface area contributed by atoms with E-state index in [1.54, 1.807) is 6.20 Å². The number of oxazole rings is 1. The standard InChI is InChI=1S/C22H20N4O2/c27-21(13-20-16-28-22(25-20)17-7-2-1-3-8-17)23-14-18-9-4-5-10-19(18)15-26-12-6-11-24-26/h1-12,16H,13-15H2,(H,23,27). The van der Waals surface area contributed by atoms with Gasteiger partial charge in [0.25, 0.3) is 0 Å². The fourth-order valence-electron chi connectivity index (χ4n) is 2.98. The SMILES string of the molecule is O=C(Cc1coc(-c2ccccc2)n1)NCc1ccccc1Cn1cccn1. The van der Waals surface area contributed by atoms with Crippen molar-refractivity contribution in [1.29, 1.82) is 0 Å². The van der Waals surface area contributed by atoms with Crippen molar-refractivity contribution >= 4 is 5.91 Å². The Bertz CT molecular complexity index is 1040. The summed E-state index contributed by atoms with van der Waals surface area (Å²) in [7, 11) is 0. The molecule has 6 heteroatoms. The van der Waals surface area contributed by atoms with Gasteiger partial charge in [-0.15, -0.1) is 0 Å². The van der Waals surface area contributed by atoms with Crippen molar-refractivity contribution in [2.75, 3.05) is 0 Å². The molecule has 4 rings (SSSR count). The number of carbonyl (C=O) groups is 1. The highest BCUT2D eigenvalue weighted by molar-refractivity contribution is 5.78. The second-order valence-electron chi connectivity index (χ2n) is 6.44. The van der Waals surface area contributed by atoms with E-state index in [4.69, 9.17) is 4.42 Å². The van der Waals surface area contributed by atoms with Gasteiger partial charge in [-0.2, -0.15) is 5.10 Å². The molecule has 140 valence electrons. The Morgan fingerprint density at radius 1 is 1.00 bits per heavy atom.